The summed E-state index contributed by atoms with van der Waals surface area (Å²) in [5.74, 6) is 0. The van der Waals surface area contributed by atoms with Crippen LogP contribution in [0.5, 0.6) is 0 Å². The van der Waals surface area contributed by atoms with E-state index in [2.05, 4.69) is 0 Å². The van der Waals surface area contributed by atoms with Crippen LogP contribution >= 0.6 is 0 Å². The molecule has 0 bridgehead atoms. The first-order valence-corrected chi connectivity index (χ1v) is 5.14. The molecule has 60 valence electrons. The van der Waals surface area contributed by atoms with Crippen LogP contribution in [0.4, 0.5) is 0 Å². The molecule has 0 aromatic rings. The first kappa shape index (κ1) is 12.5. The van der Waals surface area contributed by atoms with Crippen LogP contribution in [-0.4, -0.2) is 13.7 Å². The molecule has 0 aromatic heterocycles. The van der Waals surface area contributed by atoms with Crippen molar-refractivity contribution in [1.29, 1.82) is 0 Å². The Balaban J connectivity index is 0.000001000. The molecular weight excluding hydrogens is 189 g/mol. The maximum atomic E-state index is 10.7. The molecule has 0 aliphatic heterocycles. The van der Waals surface area contributed by atoms with E-state index in [4.69, 9.17) is 5.14 Å². The van der Waals surface area contributed by atoms with Gasteiger partial charge in [0.2, 0.25) is 0 Å². The molecule has 1 aliphatic carbocycles. The van der Waals surface area contributed by atoms with E-state index >= 15 is 0 Å². The van der Waals surface area contributed by atoms with Crippen LogP contribution in [-0.2, 0) is 10.0 Å². The van der Waals surface area contributed by atoms with E-state index in [1.54, 1.807) is 0 Å². The molecule has 0 aromatic carbocycles. The Morgan fingerprint density at radius 2 is 1.55 bits per heavy atom. The predicted molar refractivity (Wildman–Crippen MR) is 40.1 cm³/mol. The van der Waals surface area contributed by atoms with Crippen LogP contribution in [0.2, 0.25) is 0 Å². The Bertz CT molecular complexity index is 197. The fourth-order valence-electron chi connectivity index (χ4n) is 1.38. The van der Waals surface area contributed by atoms with Gasteiger partial charge in [-0.3, -0.25) is 0 Å². The van der Waals surface area contributed by atoms with Crippen molar-refractivity contribution in [3.8, 4) is 0 Å². The second-order valence-corrected chi connectivity index (χ2v) is 4.56. The molecule has 0 saturated heterocycles. The Morgan fingerprint density at radius 3 is 1.82 bits per heavy atom. The van der Waals surface area contributed by atoms with Gasteiger partial charge < -0.3 is 5.14 Å². The monoisotopic (exact) mass is 201 g/mol. The molecule has 1 rings (SSSR count). The van der Waals surface area contributed by atoms with Crippen LogP contribution < -0.4 is 51.4 Å². The maximum Gasteiger partial charge on any atom is 1.00 e. The molecule has 5 heteroatoms. The zero-order valence-electron chi connectivity index (χ0n) is 6.84. The average Bonchev–Trinajstić information content (AvgIpc) is 1.88. The first-order chi connectivity index (χ1) is 4.61. The molecule has 1 saturated carbocycles. The van der Waals surface area contributed by atoms with Crippen LogP contribution in [0.1, 0.15) is 32.1 Å². The Hall–Kier alpha value is 1.55. The molecule has 1 N–H and O–H groups in total. The SMILES string of the molecule is [K+].[NH-]S(=O)(=O)C1CCCCC1. The third kappa shape index (κ3) is 4.35. The zero-order valence-corrected chi connectivity index (χ0v) is 10.8. The van der Waals surface area contributed by atoms with Gasteiger partial charge in [-0.1, -0.05) is 19.3 Å². The molecule has 0 radical (unpaired) electrons. The fourth-order valence-corrected chi connectivity index (χ4v) is 2.33. The van der Waals surface area contributed by atoms with Crippen molar-refractivity contribution in [1.82, 2.24) is 0 Å². The molecule has 0 unspecified atom stereocenters. The van der Waals surface area contributed by atoms with E-state index in [0.717, 1.165) is 19.3 Å². The normalized spacial score (nSPS) is 20.8. The summed E-state index contributed by atoms with van der Waals surface area (Å²) in [7, 11) is -3.48. The summed E-state index contributed by atoms with van der Waals surface area (Å²) in [6, 6.07) is 0. The summed E-state index contributed by atoms with van der Waals surface area (Å²) in [6.07, 6.45) is 4.48. The van der Waals surface area contributed by atoms with Gasteiger partial charge >= 0.3 is 51.4 Å². The molecule has 11 heavy (non-hydrogen) atoms. The number of rotatable bonds is 1. The van der Waals surface area contributed by atoms with Crippen molar-refractivity contribution in [2.45, 2.75) is 37.4 Å². The molecule has 0 spiro atoms. The van der Waals surface area contributed by atoms with E-state index in [1.807, 2.05) is 0 Å². The van der Waals surface area contributed by atoms with Crippen LogP contribution in [0.3, 0.4) is 0 Å². The average molecular weight is 201 g/mol. The molecule has 0 amide bonds. The van der Waals surface area contributed by atoms with Gasteiger partial charge in [-0.05, 0) is 12.8 Å². The van der Waals surface area contributed by atoms with Crippen molar-refractivity contribution in [3.05, 3.63) is 5.14 Å². The largest absolute Gasteiger partial charge is 1.00 e. The summed E-state index contributed by atoms with van der Waals surface area (Å²) >= 11 is 0. The zero-order chi connectivity index (χ0) is 7.61. The van der Waals surface area contributed by atoms with Gasteiger partial charge in [0, 0.05) is 5.25 Å². The maximum absolute atomic E-state index is 10.7. The van der Waals surface area contributed by atoms with E-state index in [9.17, 15) is 8.42 Å². The number of hydrogen-bond acceptors (Lipinski definition) is 2. The Kier molecular flexibility index (Phi) is 6.06. The van der Waals surface area contributed by atoms with Crippen molar-refractivity contribution in [2.75, 3.05) is 0 Å². The van der Waals surface area contributed by atoms with Gasteiger partial charge in [-0.25, -0.2) is 8.42 Å². The van der Waals surface area contributed by atoms with Gasteiger partial charge in [0.25, 0.3) is 0 Å². The number of hydrogen-bond donors (Lipinski definition) is 0. The second kappa shape index (κ2) is 5.31. The van der Waals surface area contributed by atoms with Crippen LogP contribution in [0, 0.1) is 0 Å². The fraction of sp³-hybridized carbons (Fsp3) is 1.00. The summed E-state index contributed by atoms with van der Waals surface area (Å²) in [5.41, 5.74) is 0. The first-order valence-electron chi connectivity index (χ1n) is 3.59. The summed E-state index contributed by atoms with van der Waals surface area (Å²) < 4.78 is 21.3. The summed E-state index contributed by atoms with van der Waals surface area (Å²) in [6.45, 7) is 0. The van der Waals surface area contributed by atoms with Crippen molar-refractivity contribution in [2.24, 2.45) is 0 Å². The topological polar surface area (TPSA) is 57.9 Å². The van der Waals surface area contributed by atoms with Crippen molar-refractivity contribution < 1.29 is 59.8 Å². The Morgan fingerprint density at radius 1 is 1.09 bits per heavy atom. The minimum Gasteiger partial charge on any atom is -0.564 e. The number of sulfonamides is 1. The third-order valence-corrected chi connectivity index (χ3v) is 3.34. The van der Waals surface area contributed by atoms with Crippen LogP contribution in [0.15, 0.2) is 0 Å². The van der Waals surface area contributed by atoms with Gasteiger partial charge in [0.15, 0.2) is 0 Å². The molecule has 1 fully saturated rings. The molecule has 3 nitrogen and oxygen atoms in total. The van der Waals surface area contributed by atoms with Crippen molar-refractivity contribution in [3.63, 3.8) is 0 Å². The summed E-state index contributed by atoms with van der Waals surface area (Å²) in [4.78, 5) is 0. The quantitative estimate of drug-likeness (QED) is 0.495. The minimum absolute atomic E-state index is 0. The Labute approximate surface area is 111 Å². The summed E-state index contributed by atoms with van der Waals surface area (Å²) in [5, 5.41) is 6.44. The van der Waals surface area contributed by atoms with E-state index < -0.39 is 10.0 Å². The van der Waals surface area contributed by atoms with E-state index in [0.29, 0.717) is 12.8 Å². The van der Waals surface area contributed by atoms with Gasteiger partial charge in [0.1, 0.15) is 0 Å². The second-order valence-electron chi connectivity index (χ2n) is 2.81. The molecule has 0 heterocycles. The van der Waals surface area contributed by atoms with Gasteiger partial charge in [0.05, 0.1) is 10.0 Å². The van der Waals surface area contributed by atoms with E-state index in [-0.39, 0.29) is 56.6 Å². The standard InChI is InChI=1S/C6H12NO2S.K/c7-10(8,9)6-4-2-1-3-5-6;/h6H,1-5H2,(H-,7,8,9);/q-1;+1. The minimum atomic E-state index is -3.48. The van der Waals surface area contributed by atoms with Crippen molar-refractivity contribution >= 4 is 10.0 Å². The third-order valence-electron chi connectivity index (χ3n) is 1.99. The molecule has 0 atom stereocenters. The molecular formula is C6H12KNO2S. The predicted octanol–water partition coefficient (Wildman–Crippen LogP) is -1.29. The smallest absolute Gasteiger partial charge is 0.564 e. The van der Waals surface area contributed by atoms with E-state index in [1.165, 1.54) is 0 Å². The van der Waals surface area contributed by atoms with Gasteiger partial charge in [-0.2, -0.15) is 0 Å². The molecule has 1 aliphatic rings. The van der Waals surface area contributed by atoms with Crippen LogP contribution in [0.25, 0.3) is 5.14 Å². The number of nitrogens with one attached hydrogen (secondary N) is 1. The van der Waals surface area contributed by atoms with Gasteiger partial charge in [-0.15, -0.1) is 0 Å².